The fourth-order valence-electron chi connectivity index (χ4n) is 0.635. The number of sulfonamides is 1. The molecule has 0 saturated heterocycles. The van der Waals surface area contributed by atoms with Crippen molar-refractivity contribution in [3.63, 3.8) is 0 Å². The maximum Gasteiger partial charge on any atom is 0.350 e. The minimum Gasteiger partial charge on any atom is -0.383 e. The van der Waals surface area contributed by atoms with E-state index in [9.17, 15) is 17.2 Å². The third-order valence-corrected chi connectivity index (χ3v) is 2.35. The SMILES string of the molecule is COCC(CN)NS(=O)(=O)C(F)F. The fraction of sp³-hybridized carbons (Fsp3) is 1.00. The second-order valence-electron chi connectivity index (χ2n) is 2.31. The molecular weight excluding hydrogens is 206 g/mol. The van der Waals surface area contributed by atoms with Crippen molar-refractivity contribution in [3.05, 3.63) is 0 Å². The molecule has 0 bridgehead atoms. The van der Waals surface area contributed by atoms with Crippen LogP contribution in [0.3, 0.4) is 0 Å². The normalized spacial score (nSPS) is 14.8. The summed E-state index contributed by atoms with van der Waals surface area (Å²) in [7, 11) is -3.26. The summed E-state index contributed by atoms with van der Waals surface area (Å²) >= 11 is 0. The van der Waals surface area contributed by atoms with E-state index in [2.05, 4.69) is 4.74 Å². The number of methoxy groups -OCH3 is 1. The van der Waals surface area contributed by atoms with Gasteiger partial charge < -0.3 is 10.5 Å². The minimum atomic E-state index is -4.58. The van der Waals surface area contributed by atoms with Gasteiger partial charge in [0.25, 0.3) is 10.0 Å². The summed E-state index contributed by atoms with van der Waals surface area (Å²) in [4.78, 5) is 0. The molecule has 0 aromatic rings. The molecule has 0 aromatic heterocycles. The van der Waals surface area contributed by atoms with Crippen LogP contribution in [-0.2, 0) is 14.8 Å². The van der Waals surface area contributed by atoms with E-state index in [1.807, 2.05) is 0 Å². The Morgan fingerprint density at radius 3 is 2.38 bits per heavy atom. The molecule has 0 aliphatic rings. The first-order valence-corrected chi connectivity index (χ1v) is 4.97. The average Bonchev–Trinajstić information content (AvgIpc) is 2.03. The third kappa shape index (κ3) is 4.46. The van der Waals surface area contributed by atoms with Gasteiger partial charge in [-0.15, -0.1) is 0 Å². The second kappa shape index (κ2) is 5.43. The zero-order chi connectivity index (χ0) is 10.5. The molecule has 0 saturated carbocycles. The number of nitrogens with one attached hydrogen (secondary N) is 1. The second-order valence-corrected chi connectivity index (χ2v) is 3.99. The molecule has 1 atom stereocenters. The van der Waals surface area contributed by atoms with E-state index >= 15 is 0 Å². The molecule has 0 aliphatic heterocycles. The van der Waals surface area contributed by atoms with Crippen molar-refractivity contribution >= 4 is 10.0 Å². The van der Waals surface area contributed by atoms with Crippen LogP contribution in [0.5, 0.6) is 0 Å². The van der Waals surface area contributed by atoms with Gasteiger partial charge in [0.2, 0.25) is 0 Å². The highest BCUT2D eigenvalue weighted by atomic mass is 32.2. The maximum absolute atomic E-state index is 11.8. The van der Waals surface area contributed by atoms with E-state index < -0.39 is 21.8 Å². The Kier molecular flexibility index (Phi) is 5.30. The van der Waals surface area contributed by atoms with Gasteiger partial charge in [0.15, 0.2) is 0 Å². The van der Waals surface area contributed by atoms with E-state index in [4.69, 9.17) is 5.73 Å². The Labute approximate surface area is 75.3 Å². The minimum absolute atomic E-state index is 0.0392. The van der Waals surface area contributed by atoms with Crippen LogP contribution in [0.2, 0.25) is 0 Å². The molecule has 0 fully saturated rings. The van der Waals surface area contributed by atoms with Crippen LogP contribution >= 0.6 is 0 Å². The Balaban J connectivity index is 4.23. The van der Waals surface area contributed by atoms with Crippen molar-refractivity contribution in [1.29, 1.82) is 0 Å². The molecule has 0 radical (unpaired) electrons. The molecular formula is C5H12F2N2O3S. The summed E-state index contributed by atoms with van der Waals surface area (Å²) in [6, 6.07) is -0.816. The lowest BCUT2D eigenvalue weighted by Gasteiger charge is -2.14. The molecule has 0 spiro atoms. The van der Waals surface area contributed by atoms with E-state index in [0.717, 1.165) is 0 Å². The molecule has 1 unspecified atom stereocenters. The molecule has 0 amide bonds. The molecule has 80 valence electrons. The average molecular weight is 218 g/mol. The highest BCUT2D eigenvalue weighted by molar-refractivity contribution is 7.89. The lowest BCUT2D eigenvalue weighted by molar-refractivity contribution is 0.174. The van der Waals surface area contributed by atoms with Crippen molar-refractivity contribution in [2.45, 2.75) is 11.8 Å². The Morgan fingerprint density at radius 2 is 2.08 bits per heavy atom. The summed E-state index contributed by atoms with van der Waals surface area (Å²) in [6.45, 7) is -0.137. The lowest BCUT2D eigenvalue weighted by atomic mass is 10.3. The zero-order valence-electron chi connectivity index (χ0n) is 7.04. The molecule has 0 rings (SSSR count). The van der Waals surface area contributed by atoms with Gasteiger partial charge >= 0.3 is 5.76 Å². The van der Waals surface area contributed by atoms with Crippen LogP contribution in [0.1, 0.15) is 0 Å². The highest BCUT2D eigenvalue weighted by Gasteiger charge is 2.26. The predicted molar refractivity (Wildman–Crippen MR) is 42.8 cm³/mol. The maximum atomic E-state index is 11.8. The monoisotopic (exact) mass is 218 g/mol. The number of hydrogen-bond acceptors (Lipinski definition) is 4. The van der Waals surface area contributed by atoms with Gasteiger partial charge in [-0.3, -0.25) is 0 Å². The zero-order valence-corrected chi connectivity index (χ0v) is 7.85. The van der Waals surface area contributed by atoms with E-state index in [0.29, 0.717) is 0 Å². The molecule has 13 heavy (non-hydrogen) atoms. The number of hydrogen-bond donors (Lipinski definition) is 2. The number of ether oxygens (including phenoxy) is 1. The molecule has 0 aliphatic carbocycles. The van der Waals surface area contributed by atoms with Crippen LogP contribution in [0, 0.1) is 0 Å². The summed E-state index contributed by atoms with van der Waals surface area (Å²) in [5.74, 6) is -3.45. The first-order chi connectivity index (χ1) is 5.94. The van der Waals surface area contributed by atoms with Crippen molar-refractivity contribution in [2.24, 2.45) is 5.73 Å². The van der Waals surface area contributed by atoms with Gasteiger partial charge in [-0.05, 0) is 0 Å². The van der Waals surface area contributed by atoms with Crippen LogP contribution in [0.4, 0.5) is 8.78 Å². The van der Waals surface area contributed by atoms with Crippen LogP contribution in [0.25, 0.3) is 0 Å². The summed E-state index contributed by atoms with van der Waals surface area (Å²) in [5.41, 5.74) is 5.11. The third-order valence-electron chi connectivity index (χ3n) is 1.22. The smallest absolute Gasteiger partial charge is 0.350 e. The van der Waals surface area contributed by atoms with Crippen molar-refractivity contribution in [3.8, 4) is 0 Å². The molecule has 5 nitrogen and oxygen atoms in total. The van der Waals surface area contributed by atoms with Gasteiger partial charge in [-0.1, -0.05) is 0 Å². The highest BCUT2D eigenvalue weighted by Crippen LogP contribution is 2.02. The summed E-state index contributed by atoms with van der Waals surface area (Å²) in [5, 5.41) is 0. The first-order valence-electron chi connectivity index (χ1n) is 3.42. The number of nitrogens with two attached hydrogens (primary N) is 1. The van der Waals surface area contributed by atoms with Crippen LogP contribution in [-0.4, -0.2) is 40.5 Å². The van der Waals surface area contributed by atoms with Gasteiger partial charge in [0.1, 0.15) is 0 Å². The topological polar surface area (TPSA) is 81.4 Å². The van der Waals surface area contributed by atoms with E-state index in [-0.39, 0.29) is 13.2 Å². The molecule has 8 heteroatoms. The predicted octanol–water partition coefficient (Wildman–Crippen LogP) is -0.898. The summed E-state index contributed by atoms with van der Waals surface area (Å²) in [6.07, 6.45) is 0. The fourth-order valence-corrected chi connectivity index (χ4v) is 1.37. The largest absolute Gasteiger partial charge is 0.383 e. The number of alkyl halides is 2. The van der Waals surface area contributed by atoms with Crippen molar-refractivity contribution < 1.29 is 21.9 Å². The molecule has 3 N–H and O–H groups in total. The van der Waals surface area contributed by atoms with Crippen molar-refractivity contribution in [1.82, 2.24) is 4.72 Å². The van der Waals surface area contributed by atoms with Gasteiger partial charge in [0, 0.05) is 13.7 Å². The summed E-state index contributed by atoms with van der Waals surface area (Å²) < 4.78 is 51.1. The van der Waals surface area contributed by atoms with E-state index in [1.165, 1.54) is 7.11 Å². The molecule has 0 heterocycles. The first kappa shape index (κ1) is 12.7. The Bertz CT molecular complexity index is 232. The van der Waals surface area contributed by atoms with Crippen LogP contribution < -0.4 is 10.5 Å². The van der Waals surface area contributed by atoms with E-state index in [1.54, 1.807) is 4.72 Å². The molecule has 0 aromatic carbocycles. The van der Waals surface area contributed by atoms with Gasteiger partial charge in [-0.2, -0.15) is 8.78 Å². The van der Waals surface area contributed by atoms with Gasteiger partial charge in [-0.25, -0.2) is 13.1 Å². The number of halogens is 2. The van der Waals surface area contributed by atoms with Crippen molar-refractivity contribution in [2.75, 3.05) is 20.3 Å². The lowest BCUT2D eigenvalue weighted by Crippen LogP contribution is -2.45. The van der Waals surface area contributed by atoms with Crippen LogP contribution in [0.15, 0.2) is 0 Å². The standard InChI is InChI=1S/C5H12F2N2O3S/c1-12-3-4(2-8)9-13(10,11)5(6)7/h4-5,9H,2-3,8H2,1H3. The Hall–Kier alpha value is -0.310. The Morgan fingerprint density at radius 1 is 1.54 bits per heavy atom. The van der Waals surface area contributed by atoms with Gasteiger partial charge in [0.05, 0.1) is 12.6 Å². The quantitative estimate of drug-likeness (QED) is 0.605. The number of rotatable bonds is 6.